The Hall–Kier alpha value is -3.39. The van der Waals surface area contributed by atoms with Crippen LogP contribution in [-0.4, -0.2) is 23.2 Å². The van der Waals surface area contributed by atoms with Crippen LogP contribution in [0.25, 0.3) is 10.8 Å². The first-order valence-corrected chi connectivity index (χ1v) is 7.82. The number of aromatic nitrogens is 1. The van der Waals surface area contributed by atoms with Crippen molar-refractivity contribution in [2.75, 3.05) is 7.11 Å². The van der Waals surface area contributed by atoms with Crippen molar-refractivity contribution in [1.82, 2.24) is 4.98 Å². The Labute approximate surface area is 145 Å². The molecule has 3 aromatic rings. The van der Waals surface area contributed by atoms with Gasteiger partial charge in [0.25, 0.3) is 0 Å². The summed E-state index contributed by atoms with van der Waals surface area (Å²) >= 11 is 0. The van der Waals surface area contributed by atoms with Gasteiger partial charge < -0.3 is 9.84 Å². The summed E-state index contributed by atoms with van der Waals surface area (Å²) in [6.45, 7) is 0. The molecule has 5 heteroatoms. The van der Waals surface area contributed by atoms with Crippen LogP contribution in [0.5, 0.6) is 5.75 Å². The zero-order chi connectivity index (χ0) is 17.8. The van der Waals surface area contributed by atoms with E-state index >= 15 is 0 Å². The van der Waals surface area contributed by atoms with Crippen molar-refractivity contribution in [2.24, 2.45) is 0 Å². The number of rotatable bonds is 4. The molecule has 0 saturated carbocycles. The van der Waals surface area contributed by atoms with Gasteiger partial charge >= 0.3 is 5.97 Å². The lowest BCUT2D eigenvalue weighted by Gasteiger charge is -2.09. The SMILES string of the molecule is COC(=O)c1nc(C#N)c2cc(CCc3ccccc3)ccc2c1O. The second-order valence-corrected chi connectivity index (χ2v) is 5.63. The summed E-state index contributed by atoms with van der Waals surface area (Å²) in [6.07, 6.45) is 1.66. The number of hydrogen-bond donors (Lipinski definition) is 1. The lowest BCUT2D eigenvalue weighted by atomic mass is 9.99. The molecule has 0 radical (unpaired) electrons. The first-order chi connectivity index (χ1) is 12.1. The Balaban J connectivity index is 2.00. The molecule has 0 spiro atoms. The van der Waals surface area contributed by atoms with E-state index in [4.69, 9.17) is 0 Å². The number of benzene rings is 2. The van der Waals surface area contributed by atoms with E-state index in [2.05, 4.69) is 21.9 Å². The molecule has 3 rings (SSSR count). The van der Waals surface area contributed by atoms with Gasteiger partial charge in [-0.1, -0.05) is 42.5 Å². The molecule has 0 saturated heterocycles. The highest BCUT2D eigenvalue weighted by Crippen LogP contribution is 2.31. The molecule has 0 aliphatic carbocycles. The molecule has 0 aliphatic rings. The minimum atomic E-state index is -0.774. The molecule has 0 aliphatic heterocycles. The number of nitriles is 1. The Kier molecular flexibility index (Phi) is 4.62. The van der Waals surface area contributed by atoms with Crippen molar-refractivity contribution in [3.63, 3.8) is 0 Å². The smallest absolute Gasteiger partial charge is 0.360 e. The summed E-state index contributed by atoms with van der Waals surface area (Å²) < 4.78 is 4.61. The normalized spacial score (nSPS) is 10.4. The second-order valence-electron chi connectivity index (χ2n) is 5.63. The van der Waals surface area contributed by atoms with E-state index in [1.165, 1.54) is 12.7 Å². The van der Waals surface area contributed by atoms with Crippen molar-refractivity contribution in [3.8, 4) is 11.8 Å². The maximum absolute atomic E-state index is 11.7. The maximum Gasteiger partial charge on any atom is 0.360 e. The number of nitrogens with zero attached hydrogens (tertiary/aromatic N) is 2. The number of esters is 1. The average Bonchev–Trinajstić information content (AvgIpc) is 2.67. The van der Waals surface area contributed by atoms with Gasteiger partial charge in [-0.3, -0.25) is 0 Å². The minimum absolute atomic E-state index is 0.0924. The predicted octanol–water partition coefficient (Wildman–Crippen LogP) is 3.38. The number of ether oxygens (including phenoxy) is 1. The van der Waals surface area contributed by atoms with E-state index < -0.39 is 5.97 Å². The van der Waals surface area contributed by atoms with E-state index in [1.54, 1.807) is 6.07 Å². The van der Waals surface area contributed by atoms with Crippen molar-refractivity contribution >= 4 is 16.7 Å². The molecule has 124 valence electrons. The number of aromatic hydroxyl groups is 1. The standard InChI is InChI=1S/C20H16N2O3/c1-25-20(24)18-19(23)15-10-9-14(11-16(15)17(12-21)22-18)8-7-13-5-3-2-4-6-13/h2-6,9-11,23H,7-8H2,1H3. The zero-order valence-corrected chi connectivity index (χ0v) is 13.7. The van der Waals surface area contributed by atoms with Gasteiger partial charge in [-0.05, 0) is 30.0 Å². The minimum Gasteiger partial charge on any atom is -0.505 e. The molecule has 0 atom stereocenters. The summed E-state index contributed by atoms with van der Waals surface area (Å²) in [6, 6.07) is 17.5. The number of carbonyl (C=O) groups excluding carboxylic acids is 1. The van der Waals surface area contributed by atoms with Crippen LogP contribution in [0.2, 0.25) is 0 Å². The quantitative estimate of drug-likeness (QED) is 0.741. The second kappa shape index (κ2) is 7.02. The first kappa shape index (κ1) is 16.5. The van der Waals surface area contributed by atoms with Gasteiger partial charge in [-0.2, -0.15) is 5.26 Å². The average molecular weight is 332 g/mol. The number of fused-ring (bicyclic) bond motifs is 1. The van der Waals surface area contributed by atoms with Crippen LogP contribution in [0, 0.1) is 11.3 Å². The van der Waals surface area contributed by atoms with Crippen LogP contribution in [0.3, 0.4) is 0 Å². The summed E-state index contributed by atoms with van der Waals surface area (Å²) in [5, 5.41) is 20.6. The van der Waals surface area contributed by atoms with E-state index in [0.717, 1.165) is 18.4 Å². The highest BCUT2D eigenvalue weighted by atomic mass is 16.5. The molecule has 0 amide bonds. The Morgan fingerprint density at radius 2 is 1.84 bits per heavy atom. The van der Waals surface area contributed by atoms with Gasteiger partial charge in [0, 0.05) is 10.8 Å². The molecule has 1 heterocycles. The van der Waals surface area contributed by atoms with Gasteiger partial charge in [0.2, 0.25) is 0 Å². The van der Waals surface area contributed by atoms with Gasteiger partial charge in [0.05, 0.1) is 7.11 Å². The fourth-order valence-electron chi connectivity index (χ4n) is 2.76. The number of methoxy groups -OCH3 is 1. The van der Waals surface area contributed by atoms with Crippen molar-refractivity contribution in [1.29, 1.82) is 5.26 Å². The lowest BCUT2D eigenvalue weighted by molar-refractivity contribution is 0.0590. The summed E-state index contributed by atoms with van der Waals surface area (Å²) in [4.78, 5) is 15.7. The van der Waals surface area contributed by atoms with E-state index in [1.807, 2.05) is 36.4 Å². The lowest BCUT2D eigenvalue weighted by Crippen LogP contribution is -2.06. The van der Waals surface area contributed by atoms with Crippen LogP contribution in [0.1, 0.15) is 27.3 Å². The first-order valence-electron chi connectivity index (χ1n) is 7.82. The number of hydrogen-bond acceptors (Lipinski definition) is 5. The zero-order valence-electron chi connectivity index (χ0n) is 13.7. The van der Waals surface area contributed by atoms with E-state index in [9.17, 15) is 15.2 Å². The number of aryl methyl sites for hydroxylation is 2. The van der Waals surface area contributed by atoms with Crippen LogP contribution in [0.4, 0.5) is 0 Å². The summed E-state index contributed by atoms with van der Waals surface area (Å²) in [5.41, 5.74) is 2.10. The molecule has 1 N–H and O–H groups in total. The molecule has 1 aromatic heterocycles. The van der Waals surface area contributed by atoms with Crippen LogP contribution >= 0.6 is 0 Å². The molecule has 2 aromatic carbocycles. The largest absolute Gasteiger partial charge is 0.505 e. The van der Waals surface area contributed by atoms with Crippen LogP contribution < -0.4 is 0 Å². The molecular weight excluding hydrogens is 316 g/mol. The number of pyridine rings is 1. The number of carbonyl (C=O) groups is 1. The fourth-order valence-corrected chi connectivity index (χ4v) is 2.76. The van der Waals surface area contributed by atoms with E-state index in [-0.39, 0.29) is 17.1 Å². The van der Waals surface area contributed by atoms with Crippen molar-refractivity contribution < 1.29 is 14.6 Å². The van der Waals surface area contributed by atoms with Crippen LogP contribution in [-0.2, 0) is 17.6 Å². The van der Waals surface area contributed by atoms with Crippen molar-refractivity contribution in [2.45, 2.75) is 12.8 Å². The molecule has 0 fully saturated rings. The third-order valence-electron chi connectivity index (χ3n) is 4.07. The third kappa shape index (κ3) is 3.29. The monoisotopic (exact) mass is 332 g/mol. The predicted molar refractivity (Wildman–Crippen MR) is 93.3 cm³/mol. The molecular formula is C20H16N2O3. The van der Waals surface area contributed by atoms with Gasteiger partial charge in [-0.15, -0.1) is 0 Å². The highest BCUT2D eigenvalue weighted by Gasteiger charge is 2.19. The van der Waals surface area contributed by atoms with Crippen LogP contribution in [0.15, 0.2) is 48.5 Å². The van der Waals surface area contributed by atoms with E-state index in [0.29, 0.717) is 10.8 Å². The Morgan fingerprint density at radius 3 is 2.52 bits per heavy atom. The van der Waals surface area contributed by atoms with Gasteiger partial charge in [0.15, 0.2) is 11.4 Å². The van der Waals surface area contributed by atoms with Crippen molar-refractivity contribution in [3.05, 3.63) is 71.0 Å². The maximum atomic E-state index is 11.7. The Bertz CT molecular complexity index is 976. The topological polar surface area (TPSA) is 83.2 Å². The molecule has 0 bridgehead atoms. The third-order valence-corrected chi connectivity index (χ3v) is 4.07. The van der Waals surface area contributed by atoms with Gasteiger partial charge in [-0.25, -0.2) is 9.78 Å². The summed E-state index contributed by atoms with van der Waals surface area (Å²) in [7, 11) is 1.20. The highest BCUT2D eigenvalue weighted by molar-refractivity contribution is 6.01. The fraction of sp³-hybridized carbons (Fsp3) is 0.150. The Morgan fingerprint density at radius 1 is 1.12 bits per heavy atom. The molecule has 25 heavy (non-hydrogen) atoms. The summed E-state index contributed by atoms with van der Waals surface area (Å²) in [5.74, 6) is -1.04. The molecule has 5 nitrogen and oxygen atoms in total. The molecule has 0 unspecified atom stereocenters. The van der Waals surface area contributed by atoms with Gasteiger partial charge in [0.1, 0.15) is 11.8 Å².